The number of amides is 1. The Morgan fingerprint density at radius 2 is 1.86 bits per heavy atom. The zero-order valence-corrected chi connectivity index (χ0v) is 13.5. The molecule has 5 heteroatoms. The maximum Gasteiger partial charge on any atom is 0.265 e. The molecule has 2 aromatic rings. The van der Waals surface area contributed by atoms with Crippen LogP contribution in [0, 0.1) is 6.92 Å². The van der Waals surface area contributed by atoms with Crippen molar-refractivity contribution in [3.05, 3.63) is 53.1 Å². The van der Waals surface area contributed by atoms with Crippen molar-refractivity contribution in [1.82, 2.24) is 0 Å². The van der Waals surface area contributed by atoms with Crippen LogP contribution in [-0.4, -0.2) is 19.1 Å². The lowest BCUT2D eigenvalue weighted by Crippen LogP contribution is -2.30. The standard InChI is InChI=1S/C17H18ClNO3/c1-11-4-7-14(8-5-11)22-12(2)17(20)19-15-10-13(18)6-9-16(15)21-3/h4-10,12H,1-3H3,(H,19,20). The summed E-state index contributed by atoms with van der Waals surface area (Å²) in [5.74, 6) is 0.910. The number of carbonyl (C=O) groups excluding carboxylic acids is 1. The Labute approximate surface area is 135 Å². The van der Waals surface area contributed by atoms with Crippen molar-refractivity contribution in [3.8, 4) is 11.5 Å². The molecule has 1 atom stereocenters. The van der Waals surface area contributed by atoms with Crippen LogP contribution in [0.1, 0.15) is 12.5 Å². The van der Waals surface area contributed by atoms with Gasteiger partial charge in [0.1, 0.15) is 11.5 Å². The molecule has 0 saturated heterocycles. The molecule has 0 heterocycles. The van der Waals surface area contributed by atoms with Crippen LogP contribution in [0.4, 0.5) is 5.69 Å². The van der Waals surface area contributed by atoms with Gasteiger partial charge in [-0.2, -0.15) is 0 Å². The Kier molecular flexibility index (Phi) is 5.28. The molecule has 0 aromatic heterocycles. The largest absolute Gasteiger partial charge is 0.495 e. The predicted molar refractivity (Wildman–Crippen MR) is 87.9 cm³/mol. The molecule has 1 N–H and O–H groups in total. The van der Waals surface area contributed by atoms with Crippen LogP contribution in [0.5, 0.6) is 11.5 Å². The number of nitrogens with one attached hydrogen (secondary N) is 1. The van der Waals surface area contributed by atoms with E-state index in [2.05, 4.69) is 5.32 Å². The van der Waals surface area contributed by atoms with Crippen molar-refractivity contribution in [2.24, 2.45) is 0 Å². The molecular formula is C17H18ClNO3. The predicted octanol–water partition coefficient (Wildman–Crippen LogP) is 4.06. The lowest BCUT2D eigenvalue weighted by molar-refractivity contribution is -0.122. The summed E-state index contributed by atoms with van der Waals surface area (Å²) in [6, 6.07) is 12.6. The maximum atomic E-state index is 12.2. The summed E-state index contributed by atoms with van der Waals surface area (Å²) in [4.78, 5) is 12.2. The fourth-order valence-electron chi connectivity index (χ4n) is 1.89. The van der Waals surface area contributed by atoms with Crippen molar-refractivity contribution < 1.29 is 14.3 Å². The van der Waals surface area contributed by atoms with Crippen LogP contribution in [0.15, 0.2) is 42.5 Å². The van der Waals surface area contributed by atoms with Gasteiger partial charge in [-0.3, -0.25) is 4.79 Å². The van der Waals surface area contributed by atoms with Gasteiger partial charge >= 0.3 is 0 Å². The van der Waals surface area contributed by atoms with Crippen LogP contribution in [0.3, 0.4) is 0 Å². The molecule has 22 heavy (non-hydrogen) atoms. The van der Waals surface area contributed by atoms with Gasteiger partial charge in [0.15, 0.2) is 6.10 Å². The van der Waals surface area contributed by atoms with Gasteiger partial charge in [0.2, 0.25) is 0 Å². The van der Waals surface area contributed by atoms with Crippen molar-refractivity contribution in [1.29, 1.82) is 0 Å². The first-order chi connectivity index (χ1) is 10.5. The van der Waals surface area contributed by atoms with E-state index in [0.29, 0.717) is 22.2 Å². The molecule has 0 radical (unpaired) electrons. The van der Waals surface area contributed by atoms with Crippen LogP contribution in [0.25, 0.3) is 0 Å². The van der Waals surface area contributed by atoms with Gasteiger partial charge < -0.3 is 14.8 Å². The van der Waals surface area contributed by atoms with Gasteiger partial charge in [0.05, 0.1) is 12.8 Å². The second-order valence-corrected chi connectivity index (χ2v) is 5.34. The highest BCUT2D eigenvalue weighted by molar-refractivity contribution is 6.31. The Morgan fingerprint density at radius 3 is 2.50 bits per heavy atom. The molecule has 0 spiro atoms. The number of hydrogen-bond acceptors (Lipinski definition) is 3. The van der Waals surface area contributed by atoms with Crippen LogP contribution in [-0.2, 0) is 4.79 Å². The minimum atomic E-state index is -0.647. The molecular weight excluding hydrogens is 302 g/mol. The highest BCUT2D eigenvalue weighted by Crippen LogP contribution is 2.28. The van der Waals surface area contributed by atoms with Crippen molar-refractivity contribution >= 4 is 23.2 Å². The summed E-state index contributed by atoms with van der Waals surface area (Å²) in [5.41, 5.74) is 1.65. The summed E-state index contributed by atoms with van der Waals surface area (Å²) < 4.78 is 10.8. The average Bonchev–Trinajstić information content (AvgIpc) is 2.49. The smallest absolute Gasteiger partial charge is 0.265 e. The topological polar surface area (TPSA) is 47.6 Å². The van der Waals surface area contributed by atoms with Gasteiger partial charge in [-0.1, -0.05) is 29.3 Å². The Balaban J connectivity index is 2.05. The number of aryl methyl sites for hydroxylation is 1. The molecule has 1 unspecified atom stereocenters. The highest BCUT2D eigenvalue weighted by Gasteiger charge is 2.17. The minimum absolute atomic E-state index is 0.277. The second kappa shape index (κ2) is 7.18. The van der Waals surface area contributed by atoms with Crippen molar-refractivity contribution in [3.63, 3.8) is 0 Å². The quantitative estimate of drug-likeness (QED) is 0.904. The fraction of sp³-hybridized carbons (Fsp3) is 0.235. The normalized spacial score (nSPS) is 11.6. The van der Waals surface area contributed by atoms with Gasteiger partial charge in [-0.25, -0.2) is 0 Å². The van der Waals surface area contributed by atoms with E-state index in [4.69, 9.17) is 21.1 Å². The third kappa shape index (κ3) is 4.15. The first-order valence-electron chi connectivity index (χ1n) is 6.87. The zero-order chi connectivity index (χ0) is 16.1. The molecule has 0 aliphatic carbocycles. The van der Waals surface area contributed by atoms with Crippen molar-refractivity contribution in [2.45, 2.75) is 20.0 Å². The van der Waals surface area contributed by atoms with E-state index < -0.39 is 6.10 Å². The third-order valence-electron chi connectivity index (χ3n) is 3.12. The number of anilines is 1. The van der Waals surface area contributed by atoms with Crippen LogP contribution < -0.4 is 14.8 Å². The van der Waals surface area contributed by atoms with Gasteiger partial charge in [-0.05, 0) is 44.2 Å². The number of methoxy groups -OCH3 is 1. The summed E-state index contributed by atoms with van der Waals surface area (Å²) in [6.07, 6.45) is -0.647. The monoisotopic (exact) mass is 319 g/mol. The molecule has 0 saturated carbocycles. The average molecular weight is 320 g/mol. The van der Waals surface area contributed by atoms with Crippen LogP contribution in [0.2, 0.25) is 5.02 Å². The number of ether oxygens (including phenoxy) is 2. The van der Waals surface area contributed by atoms with E-state index in [1.807, 2.05) is 31.2 Å². The Morgan fingerprint density at radius 1 is 1.18 bits per heavy atom. The van der Waals surface area contributed by atoms with Gasteiger partial charge in [0, 0.05) is 5.02 Å². The maximum absolute atomic E-state index is 12.2. The summed E-state index contributed by atoms with van der Waals surface area (Å²) in [5, 5.41) is 3.28. The molecule has 0 bridgehead atoms. The molecule has 2 aromatic carbocycles. The molecule has 116 valence electrons. The lowest BCUT2D eigenvalue weighted by atomic mass is 10.2. The first kappa shape index (κ1) is 16.2. The van der Waals surface area contributed by atoms with Gasteiger partial charge in [0.25, 0.3) is 5.91 Å². The summed E-state index contributed by atoms with van der Waals surface area (Å²) in [7, 11) is 1.53. The molecule has 0 aliphatic heterocycles. The number of halogens is 1. The zero-order valence-electron chi connectivity index (χ0n) is 12.7. The second-order valence-electron chi connectivity index (χ2n) is 4.91. The van der Waals surface area contributed by atoms with E-state index in [9.17, 15) is 4.79 Å². The van der Waals surface area contributed by atoms with E-state index in [1.54, 1.807) is 25.1 Å². The molecule has 0 fully saturated rings. The van der Waals surface area contributed by atoms with E-state index in [1.165, 1.54) is 7.11 Å². The SMILES string of the molecule is COc1ccc(Cl)cc1NC(=O)C(C)Oc1ccc(C)cc1. The number of hydrogen-bond donors (Lipinski definition) is 1. The molecule has 2 rings (SSSR count). The number of rotatable bonds is 5. The minimum Gasteiger partial charge on any atom is -0.495 e. The summed E-state index contributed by atoms with van der Waals surface area (Å²) in [6.45, 7) is 3.68. The molecule has 4 nitrogen and oxygen atoms in total. The number of benzene rings is 2. The Bertz CT molecular complexity index is 655. The lowest BCUT2D eigenvalue weighted by Gasteiger charge is -2.16. The van der Waals surface area contributed by atoms with Crippen LogP contribution >= 0.6 is 11.6 Å². The summed E-state index contributed by atoms with van der Waals surface area (Å²) >= 11 is 5.94. The first-order valence-corrected chi connectivity index (χ1v) is 7.25. The van der Waals surface area contributed by atoms with E-state index >= 15 is 0 Å². The molecule has 1 amide bonds. The Hall–Kier alpha value is -2.20. The van der Waals surface area contributed by atoms with Crippen molar-refractivity contribution in [2.75, 3.05) is 12.4 Å². The number of carbonyl (C=O) groups is 1. The highest BCUT2D eigenvalue weighted by atomic mass is 35.5. The molecule has 0 aliphatic rings. The fourth-order valence-corrected chi connectivity index (χ4v) is 2.06. The van der Waals surface area contributed by atoms with Gasteiger partial charge in [-0.15, -0.1) is 0 Å². The third-order valence-corrected chi connectivity index (χ3v) is 3.36. The van der Waals surface area contributed by atoms with E-state index in [-0.39, 0.29) is 5.91 Å². The van der Waals surface area contributed by atoms with E-state index in [0.717, 1.165) is 5.56 Å².